The average molecular weight is 344 g/mol. The summed E-state index contributed by atoms with van der Waals surface area (Å²) in [5, 5.41) is 7.64. The van der Waals surface area contributed by atoms with Gasteiger partial charge in [0.25, 0.3) is 0 Å². The van der Waals surface area contributed by atoms with Gasteiger partial charge >= 0.3 is 0 Å². The molecule has 0 radical (unpaired) electrons. The number of amides is 1. The molecule has 134 valence electrons. The number of carbonyl (C=O) groups is 1. The fourth-order valence-corrected chi connectivity index (χ4v) is 3.30. The van der Waals surface area contributed by atoms with Gasteiger partial charge in [0.05, 0.1) is 18.8 Å². The van der Waals surface area contributed by atoms with Crippen LogP contribution in [0.5, 0.6) is 5.88 Å². The van der Waals surface area contributed by atoms with Crippen LogP contribution in [-0.4, -0.2) is 50.8 Å². The number of aromatic nitrogens is 4. The van der Waals surface area contributed by atoms with Gasteiger partial charge in [-0.2, -0.15) is 5.10 Å². The molecule has 3 heterocycles. The molecule has 0 bridgehead atoms. The lowest BCUT2D eigenvalue weighted by Gasteiger charge is -2.25. The molecule has 0 aromatic carbocycles. The molecule has 1 N–H and O–H groups in total. The van der Waals surface area contributed by atoms with E-state index in [1.807, 2.05) is 43.7 Å². The zero-order valence-corrected chi connectivity index (χ0v) is 15.1. The van der Waals surface area contributed by atoms with E-state index in [0.717, 1.165) is 11.3 Å². The van der Waals surface area contributed by atoms with Crippen molar-refractivity contribution >= 4 is 11.7 Å². The van der Waals surface area contributed by atoms with E-state index in [0.29, 0.717) is 31.3 Å². The molecule has 0 aliphatic carbocycles. The SMILES string of the molecule is CCOc1cc(NC[C@@H]2CC(=O)N(C)[C@H]2c2cnn(C)c2C)ncn1. The summed E-state index contributed by atoms with van der Waals surface area (Å²) in [6.07, 6.45) is 3.84. The van der Waals surface area contributed by atoms with Crippen molar-refractivity contribution in [1.29, 1.82) is 0 Å². The fraction of sp³-hybridized carbons (Fsp3) is 0.529. The molecule has 25 heavy (non-hydrogen) atoms. The van der Waals surface area contributed by atoms with Crippen molar-refractivity contribution in [1.82, 2.24) is 24.6 Å². The summed E-state index contributed by atoms with van der Waals surface area (Å²) in [5.74, 6) is 1.53. The molecule has 1 saturated heterocycles. The Morgan fingerprint density at radius 3 is 2.84 bits per heavy atom. The Hall–Kier alpha value is -2.64. The van der Waals surface area contributed by atoms with Crippen molar-refractivity contribution in [3.63, 3.8) is 0 Å². The molecule has 8 nitrogen and oxygen atoms in total. The zero-order valence-electron chi connectivity index (χ0n) is 15.1. The second-order valence-electron chi connectivity index (χ2n) is 6.28. The number of aryl methyl sites for hydroxylation is 1. The van der Waals surface area contributed by atoms with Crippen LogP contribution < -0.4 is 10.1 Å². The summed E-state index contributed by atoms with van der Waals surface area (Å²) in [7, 11) is 3.77. The number of nitrogens with one attached hydrogen (secondary N) is 1. The van der Waals surface area contributed by atoms with Gasteiger partial charge < -0.3 is 15.0 Å². The van der Waals surface area contributed by atoms with E-state index in [1.54, 1.807) is 6.07 Å². The van der Waals surface area contributed by atoms with Gasteiger partial charge in [-0.15, -0.1) is 0 Å². The molecular formula is C17H24N6O2. The zero-order chi connectivity index (χ0) is 18.0. The van der Waals surface area contributed by atoms with Crippen LogP contribution in [0, 0.1) is 12.8 Å². The van der Waals surface area contributed by atoms with E-state index < -0.39 is 0 Å². The highest BCUT2D eigenvalue weighted by Gasteiger charge is 2.39. The Labute approximate surface area is 147 Å². The van der Waals surface area contributed by atoms with E-state index in [9.17, 15) is 4.79 Å². The number of hydrogen-bond donors (Lipinski definition) is 1. The minimum atomic E-state index is 0.0156. The van der Waals surface area contributed by atoms with Gasteiger partial charge in [-0.25, -0.2) is 9.97 Å². The molecule has 0 unspecified atom stereocenters. The standard InChI is InChI=1S/C17H24N6O2/c1-5-25-15-7-14(19-10-20-15)18-8-12-6-16(24)22(3)17(12)13-9-21-23(4)11(13)2/h7,9-10,12,17H,5-6,8H2,1-4H3,(H,18,19,20)/t12-,17+/m0/s1. The molecule has 0 spiro atoms. The molecule has 2 aromatic heterocycles. The van der Waals surface area contributed by atoms with Crippen LogP contribution in [0.2, 0.25) is 0 Å². The third-order valence-electron chi connectivity index (χ3n) is 4.77. The topological polar surface area (TPSA) is 85.2 Å². The molecule has 0 saturated carbocycles. The normalized spacial score (nSPS) is 20.2. The molecule has 2 aromatic rings. The average Bonchev–Trinajstić information content (AvgIpc) is 3.06. The highest BCUT2D eigenvalue weighted by atomic mass is 16.5. The van der Waals surface area contributed by atoms with Crippen LogP contribution in [0.4, 0.5) is 5.82 Å². The van der Waals surface area contributed by atoms with Crippen molar-refractivity contribution < 1.29 is 9.53 Å². The molecular weight excluding hydrogens is 320 g/mol. The first-order valence-corrected chi connectivity index (χ1v) is 8.44. The van der Waals surface area contributed by atoms with Crippen LogP contribution in [0.1, 0.15) is 30.6 Å². The van der Waals surface area contributed by atoms with Gasteiger partial charge in [0.1, 0.15) is 12.1 Å². The first-order chi connectivity index (χ1) is 12.0. The number of hydrogen-bond acceptors (Lipinski definition) is 6. The minimum absolute atomic E-state index is 0.0156. The Bertz CT molecular complexity index is 759. The molecule has 1 amide bonds. The first kappa shape index (κ1) is 17.2. The summed E-state index contributed by atoms with van der Waals surface area (Å²) >= 11 is 0. The molecule has 8 heteroatoms. The smallest absolute Gasteiger partial charge is 0.223 e. The Morgan fingerprint density at radius 1 is 1.36 bits per heavy atom. The summed E-state index contributed by atoms with van der Waals surface area (Å²) in [6, 6.07) is 1.79. The van der Waals surface area contributed by atoms with Crippen LogP contribution in [0.25, 0.3) is 0 Å². The summed E-state index contributed by atoms with van der Waals surface area (Å²) in [4.78, 5) is 22.4. The van der Waals surface area contributed by atoms with Crippen molar-refractivity contribution in [2.75, 3.05) is 25.5 Å². The molecule has 2 atom stereocenters. The van der Waals surface area contributed by atoms with E-state index in [4.69, 9.17) is 4.74 Å². The summed E-state index contributed by atoms with van der Waals surface area (Å²) in [5.41, 5.74) is 2.18. The van der Waals surface area contributed by atoms with Gasteiger partial charge in [0.2, 0.25) is 11.8 Å². The summed E-state index contributed by atoms with van der Waals surface area (Å²) in [6.45, 7) is 5.14. The third kappa shape index (κ3) is 3.42. The van der Waals surface area contributed by atoms with Gasteiger partial charge in [-0.1, -0.05) is 0 Å². The van der Waals surface area contributed by atoms with E-state index >= 15 is 0 Å². The molecule has 1 aliphatic heterocycles. The Balaban J connectivity index is 1.75. The van der Waals surface area contributed by atoms with E-state index in [1.165, 1.54) is 6.33 Å². The molecule has 1 aliphatic rings. The minimum Gasteiger partial charge on any atom is -0.478 e. The van der Waals surface area contributed by atoms with Crippen LogP contribution in [0.15, 0.2) is 18.6 Å². The third-order valence-corrected chi connectivity index (χ3v) is 4.77. The molecule has 3 rings (SSSR count). The van der Waals surface area contributed by atoms with Crippen molar-refractivity contribution in [3.05, 3.63) is 29.8 Å². The number of carbonyl (C=O) groups excluding carboxylic acids is 1. The number of rotatable bonds is 6. The predicted octanol–water partition coefficient (Wildman–Crippen LogP) is 1.55. The lowest BCUT2D eigenvalue weighted by Crippen LogP contribution is -2.27. The number of likely N-dealkylation sites (tertiary alicyclic amines) is 1. The van der Waals surface area contributed by atoms with Gasteiger partial charge in [-0.05, 0) is 13.8 Å². The fourth-order valence-electron chi connectivity index (χ4n) is 3.30. The first-order valence-electron chi connectivity index (χ1n) is 8.44. The number of nitrogens with zero attached hydrogens (tertiary/aromatic N) is 5. The van der Waals surface area contributed by atoms with Gasteiger partial charge in [0, 0.05) is 50.3 Å². The monoisotopic (exact) mass is 344 g/mol. The number of ether oxygens (including phenoxy) is 1. The lowest BCUT2D eigenvalue weighted by molar-refractivity contribution is -0.127. The maximum absolute atomic E-state index is 12.3. The van der Waals surface area contributed by atoms with Crippen molar-refractivity contribution in [2.24, 2.45) is 13.0 Å². The van der Waals surface area contributed by atoms with Crippen LogP contribution in [-0.2, 0) is 11.8 Å². The van der Waals surface area contributed by atoms with Gasteiger partial charge in [-0.3, -0.25) is 9.48 Å². The second-order valence-corrected chi connectivity index (χ2v) is 6.28. The molecule has 1 fully saturated rings. The van der Waals surface area contributed by atoms with Crippen molar-refractivity contribution in [2.45, 2.75) is 26.3 Å². The number of anilines is 1. The maximum atomic E-state index is 12.3. The highest BCUT2D eigenvalue weighted by molar-refractivity contribution is 5.79. The Morgan fingerprint density at radius 2 is 2.16 bits per heavy atom. The quantitative estimate of drug-likeness (QED) is 0.856. The maximum Gasteiger partial charge on any atom is 0.223 e. The second kappa shape index (κ2) is 7.08. The van der Waals surface area contributed by atoms with Crippen LogP contribution in [0.3, 0.4) is 0 Å². The van der Waals surface area contributed by atoms with Gasteiger partial charge in [0.15, 0.2) is 0 Å². The van der Waals surface area contributed by atoms with E-state index in [-0.39, 0.29) is 17.9 Å². The highest BCUT2D eigenvalue weighted by Crippen LogP contribution is 2.38. The predicted molar refractivity (Wildman–Crippen MR) is 93.3 cm³/mol. The summed E-state index contributed by atoms with van der Waals surface area (Å²) < 4.78 is 7.24. The van der Waals surface area contributed by atoms with E-state index in [2.05, 4.69) is 20.4 Å². The largest absolute Gasteiger partial charge is 0.478 e. The van der Waals surface area contributed by atoms with Crippen LogP contribution >= 0.6 is 0 Å². The lowest BCUT2D eigenvalue weighted by atomic mass is 9.94. The van der Waals surface area contributed by atoms with Crippen molar-refractivity contribution in [3.8, 4) is 5.88 Å². The Kier molecular flexibility index (Phi) is 4.87.